The Balaban J connectivity index is 1.14. The lowest BCUT2D eigenvalue weighted by molar-refractivity contribution is -0.132. The molecule has 8 heteroatoms. The number of benzene rings is 5. The van der Waals surface area contributed by atoms with Gasteiger partial charge in [0.15, 0.2) is 11.5 Å². The summed E-state index contributed by atoms with van der Waals surface area (Å²) in [5, 5.41) is 18.6. The molecule has 6 nitrogen and oxygen atoms in total. The van der Waals surface area contributed by atoms with Gasteiger partial charge in [-0.05, 0) is 108 Å². The summed E-state index contributed by atoms with van der Waals surface area (Å²) in [6, 6.07) is 44.7. The number of nitriles is 1. The van der Waals surface area contributed by atoms with E-state index in [9.17, 15) is 15.2 Å². The number of carbonyl (C=O) groups is 1. The zero-order valence-electron chi connectivity index (χ0n) is 30.2. The highest BCUT2D eigenvalue weighted by Gasteiger charge is 2.30. The van der Waals surface area contributed by atoms with Gasteiger partial charge in [0, 0.05) is 31.3 Å². The minimum atomic E-state index is -1.23. The van der Waals surface area contributed by atoms with Gasteiger partial charge in [-0.3, -0.25) is 0 Å². The SMILES string of the molecule is CCCCCC(CC)N1c2ccc(-c3ccc(N4c5ccccc5Sc5ccccc54)cc3)cc2Oc2cc(-c3ccc(/C=C(/C#N)C(=O)O)s3)ccc21. The van der Waals surface area contributed by atoms with Gasteiger partial charge in [-0.15, -0.1) is 11.3 Å². The molecule has 0 aliphatic carbocycles. The second-order valence-electron chi connectivity index (χ2n) is 13.5. The van der Waals surface area contributed by atoms with Crippen LogP contribution >= 0.6 is 23.1 Å². The van der Waals surface area contributed by atoms with Crippen molar-refractivity contribution >= 4 is 63.6 Å². The number of rotatable bonds is 11. The summed E-state index contributed by atoms with van der Waals surface area (Å²) >= 11 is 3.26. The lowest BCUT2D eigenvalue weighted by Crippen LogP contribution is -2.32. The maximum Gasteiger partial charge on any atom is 0.346 e. The molecule has 8 rings (SSSR count). The molecule has 0 saturated heterocycles. The predicted molar refractivity (Wildman–Crippen MR) is 222 cm³/mol. The van der Waals surface area contributed by atoms with Gasteiger partial charge in [0.2, 0.25) is 0 Å². The number of nitrogens with zero attached hydrogens (tertiary/aromatic N) is 3. The van der Waals surface area contributed by atoms with Crippen LogP contribution in [0.25, 0.3) is 27.6 Å². The highest BCUT2D eigenvalue weighted by molar-refractivity contribution is 7.99. The Morgan fingerprint density at radius 1 is 0.778 bits per heavy atom. The molecule has 1 unspecified atom stereocenters. The molecule has 1 N–H and O–H groups in total. The van der Waals surface area contributed by atoms with Gasteiger partial charge in [0.1, 0.15) is 11.6 Å². The zero-order valence-corrected chi connectivity index (χ0v) is 31.8. The summed E-state index contributed by atoms with van der Waals surface area (Å²) in [4.78, 5) is 20.4. The van der Waals surface area contributed by atoms with Crippen molar-refractivity contribution in [2.24, 2.45) is 0 Å². The van der Waals surface area contributed by atoms with Crippen LogP contribution in [0.1, 0.15) is 50.8 Å². The molecule has 54 heavy (non-hydrogen) atoms. The summed E-state index contributed by atoms with van der Waals surface area (Å²) in [5.74, 6) is 0.377. The van der Waals surface area contributed by atoms with Crippen LogP contribution in [0.3, 0.4) is 0 Å². The van der Waals surface area contributed by atoms with Crippen molar-refractivity contribution in [3.63, 3.8) is 0 Å². The number of carboxylic acids is 1. The number of carboxylic acid groups (broad SMARTS) is 1. The number of ether oxygens (including phenoxy) is 1. The van der Waals surface area contributed by atoms with E-state index in [0.29, 0.717) is 10.9 Å². The molecule has 6 aromatic rings. The molecular formula is C46H39N3O3S2. The normalized spacial score (nSPS) is 13.5. The number of unbranched alkanes of at least 4 members (excludes halogenated alkanes) is 2. The molecule has 268 valence electrons. The van der Waals surface area contributed by atoms with Gasteiger partial charge in [0.05, 0.1) is 22.7 Å². The molecular weight excluding hydrogens is 707 g/mol. The fourth-order valence-electron chi connectivity index (χ4n) is 7.37. The van der Waals surface area contributed by atoms with Crippen molar-refractivity contribution in [2.45, 2.75) is 61.8 Å². The second kappa shape index (κ2) is 15.3. The molecule has 0 amide bonds. The highest BCUT2D eigenvalue weighted by atomic mass is 32.2. The van der Waals surface area contributed by atoms with E-state index in [4.69, 9.17) is 4.74 Å². The molecule has 0 fully saturated rings. The highest BCUT2D eigenvalue weighted by Crippen LogP contribution is 2.53. The summed E-state index contributed by atoms with van der Waals surface area (Å²) in [7, 11) is 0. The first kappa shape index (κ1) is 35.3. The van der Waals surface area contributed by atoms with E-state index in [2.05, 4.69) is 133 Å². The van der Waals surface area contributed by atoms with Crippen molar-refractivity contribution in [1.29, 1.82) is 5.26 Å². The van der Waals surface area contributed by atoms with E-state index in [1.165, 1.54) is 51.4 Å². The zero-order chi connectivity index (χ0) is 37.2. The number of fused-ring (bicyclic) bond motifs is 4. The van der Waals surface area contributed by atoms with Crippen molar-refractivity contribution in [1.82, 2.24) is 0 Å². The Morgan fingerprint density at radius 3 is 2.04 bits per heavy atom. The number of aliphatic carboxylic acids is 1. The third kappa shape index (κ3) is 6.77. The maximum absolute atomic E-state index is 11.4. The van der Waals surface area contributed by atoms with Gasteiger partial charge in [-0.2, -0.15) is 5.26 Å². The van der Waals surface area contributed by atoms with E-state index >= 15 is 0 Å². The Labute approximate surface area is 324 Å². The van der Waals surface area contributed by atoms with Gasteiger partial charge in [0.25, 0.3) is 0 Å². The van der Waals surface area contributed by atoms with Crippen LogP contribution in [-0.4, -0.2) is 17.1 Å². The van der Waals surface area contributed by atoms with Crippen LogP contribution in [0.15, 0.2) is 137 Å². The molecule has 2 aliphatic heterocycles. The Kier molecular flexibility index (Phi) is 10.0. The smallest absolute Gasteiger partial charge is 0.346 e. The van der Waals surface area contributed by atoms with Crippen LogP contribution in [0.2, 0.25) is 0 Å². The lowest BCUT2D eigenvalue weighted by Gasteiger charge is -2.39. The second-order valence-corrected chi connectivity index (χ2v) is 15.7. The van der Waals surface area contributed by atoms with Crippen LogP contribution in [0, 0.1) is 11.3 Å². The molecule has 1 aromatic heterocycles. The molecule has 2 aliphatic rings. The number of thiophene rings is 1. The Bertz CT molecular complexity index is 2380. The van der Waals surface area contributed by atoms with Crippen LogP contribution in [0.5, 0.6) is 11.5 Å². The van der Waals surface area contributed by atoms with Crippen molar-refractivity contribution in [3.05, 3.63) is 132 Å². The van der Waals surface area contributed by atoms with Crippen molar-refractivity contribution in [3.8, 4) is 39.1 Å². The first-order valence-electron chi connectivity index (χ1n) is 18.4. The van der Waals surface area contributed by atoms with Crippen molar-refractivity contribution in [2.75, 3.05) is 9.80 Å². The third-order valence-corrected chi connectivity index (χ3v) is 12.3. The Morgan fingerprint density at radius 2 is 1.41 bits per heavy atom. The minimum absolute atomic E-state index is 0.287. The fraction of sp³-hybridized carbons (Fsp3) is 0.174. The summed E-state index contributed by atoms with van der Waals surface area (Å²) in [5.41, 5.74) is 8.46. The molecule has 5 aromatic carbocycles. The predicted octanol–water partition coefficient (Wildman–Crippen LogP) is 13.6. The summed E-state index contributed by atoms with van der Waals surface area (Å²) in [6.07, 6.45) is 7.04. The third-order valence-electron chi connectivity index (χ3n) is 10.1. The van der Waals surface area contributed by atoms with Gasteiger partial charge >= 0.3 is 5.97 Å². The van der Waals surface area contributed by atoms with E-state index in [-0.39, 0.29) is 5.57 Å². The lowest BCUT2D eigenvalue weighted by atomic mass is 9.98. The number of hydrogen-bond donors (Lipinski definition) is 1. The molecule has 0 bridgehead atoms. The molecule has 0 spiro atoms. The minimum Gasteiger partial charge on any atom is -0.477 e. The topological polar surface area (TPSA) is 76.8 Å². The standard InChI is InChI=1S/C46H39N3O3S2/c1-3-5-6-11-34(4-2)48-37-23-18-31(30-16-20-35(21-17-30)49-39-12-7-9-14-44(39)54-45-15-10-8-13-40(45)49)27-41(37)52-42-28-32(19-24-38(42)48)43-25-22-36(53-43)26-33(29-47)46(50)51/h7-10,12-28,34H,3-6,11H2,1-2H3,(H,50,51)/b33-26-. The molecule has 0 radical (unpaired) electrons. The first-order chi connectivity index (χ1) is 26.4. The van der Waals surface area contributed by atoms with Gasteiger partial charge < -0.3 is 19.6 Å². The summed E-state index contributed by atoms with van der Waals surface area (Å²) in [6.45, 7) is 4.51. The quantitative estimate of drug-likeness (QED) is 0.0802. The molecule has 1 atom stereocenters. The maximum atomic E-state index is 11.4. The summed E-state index contributed by atoms with van der Waals surface area (Å²) < 4.78 is 6.79. The van der Waals surface area contributed by atoms with Gasteiger partial charge in [-0.1, -0.05) is 93.4 Å². The monoisotopic (exact) mass is 745 g/mol. The van der Waals surface area contributed by atoms with Crippen LogP contribution in [0.4, 0.5) is 28.4 Å². The first-order valence-corrected chi connectivity index (χ1v) is 20.1. The van der Waals surface area contributed by atoms with Gasteiger partial charge in [-0.25, -0.2) is 4.79 Å². The number of para-hydroxylation sites is 2. The largest absolute Gasteiger partial charge is 0.477 e. The van der Waals surface area contributed by atoms with E-state index in [1.807, 2.05) is 23.9 Å². The van der Waals surface area contributed by atoms with Crippen molar-refractivity contribution < 1.29 is 14.6 Å². The average Bonchev–Trinajstić information content (AvgIpc) is 3.68. The number of anilines is 5. The average molecular weight is 746 g/mol. The Hall–Kier alpha value is -5.75. The van der Waals surface area contributed by atoms with E-state index in [0.717, 1.165) is 69.4 Å². The number of hydrogen-bond acceptors (Lipinski definition) is 7. The van der Waals surface area contributed by atoms with Crippen LogP contribution < -0.4 is 14.5 Å². The fourth-order valence-corrected chi connectivity index (χ4v) is 9.37. The molecule has 3 heterocycles. The molecule has 0 saturated carbocycles. The van der Waals surface area contributed by atoms with Crippen LogP contribution in [-0.2, 0) is 4.79 Å². The van der Waals surface area contributed by atoms with E-state index < -0.39 is 5.97 Å². The van der Waals surface area contributed by atoms with E-state index in [1.54, 1.807) is 6.07 Å².